The van der Waals surface area contributed by atoms with Crippen molar-refractivity contribution in [1.29, 1.82) is 0 Å². The maximum atomic E-state index is 14.1. The lowest BCUT2D eigenvalue weighted by Gasteiger charge is -2.45. The normalized spacial score (nSPS) is 23.7. The highest BCUT2D eigenvalue weighted by atomic mass is 79.9. The van der Waals surface area contributed by atoms with Crippen molar-refractivity contribution in [1.82, 2.24) is 9.88 Å². The highest BCUT2D eigenvalue weighted by Gasteiger charge is 2.39. The topological polar surface area (TPSA) is 42.4 Å². The van der Waals surface area contributed by atoms with Gasteiger partial charge in [-0.25, -0.2) is 9.78 Å². The minimum Gasteiger partial charge on any atom is -0.444 e. The van der Waals surface area contributed by atoms with Crippen molar-refractivity contribution in [2.24, 2.45) is 0 Å². The van der Waals surface area contributed by atoms with Crippen molar-refractivity contribution in [3.05, 3.63) is 34.3 Å². The molecule has 2 aliphatic rings. The Morgan fingerprint density at radius 1 is 1.42 bits per heavy atom. The van der Waals surface area contributed by atoms with E-state index in [0.29, 0.717) is 12.0 Å². The second-order valence-corrected chi connectivity index (χ2v) is 8.34. The predicted molar refractivity (Wildman–Crippen MR) is 94.0 cm³/mol. The summed E-state index contributed by atoms with van der Waals surface area (Å²) >= 11 is 3.35. The molecule has 2 bridgehead atoms. The van der Waals surface area contributed by atoms with Crippen molar-refractivity contribution in [3.63, 3.8) is 0 Å². The highest BCUT2D eigenvalue weighted by Crippen LogP contribution is 2.38. The van der Waals surface area contributed by atoms with E-state index in [-0.39, 0.29) is 18.2 Å². The zero-order valence-corrected chi connectivity index (χ0v) is 15.8. The van der Waals surface area contributed by atoms with E-state index in [1.54, 1.807) is 6.07 Å². The second-order valence-electron chi connectivity index (χ2n) is 7.43. The SMILES string of the molecule is CC(C)(C)OC(=O)N1C2C=C(c3cc(Br)cnc3F)CC1CCC2. The molecule has 1 fully saturated rings. The molecule has 1 aromatic rings. The fourth-order valence-electron chi connectivity index (χ4n) is 3.48. The van der Waals surface area contributed by atoms with Gasteiger partial charge in [-0.2, -0.15) is 4.39 Å². The van der Waals surface area contributed by atoms with E-state index in [1.807, 2.05) is 31.7 Å². The summed E-state index contributed by atoms with van der Waals surface area (Å²) in [5.41, 5.74) is 0.927. The first-order valence-corrected chi connectivity index (χ1v) is 9.07. The number of hydrogen-bond acceptors (Lipinski definition) is 3. The van der Waals surface area contributed by atoms with E-state index in [0.717, 1.165) is 29.3 Å². The summed E-state index contributed by atoms with van der Waals surface area (Å²) in [5, 5.41) is 0. The molecule has 0 saturated carbocycles. The monoisotopic (exact) mass is 396 g/mol. The van der Waals surface area contributed by atoms with Crippen LogP contribution in [0.3, 0.4) is 0 Å². The Labute approximate surface area is 150 Å². The first kappa shape index (κ1) is 17.4. The molecule has 3 heterocycles. The lowest BCUT2D eigenvalue weighted by molar-refractivity contribution is 0.0000768. The molecular weight excluding hydrogens is 375 g/mol. The van der Waals surface area contributed by atoms with Crippen molar-refractivity contribution in [2.45, 2.75) is 64.1 Å². The number of pyridine rings is 1. The highest BCUT2D eigenvalue weighted by molar-refractivity contribution is 9.10. The summed E-state index contributed by atoms with van der Waals surface area (Å²) in [4.78, 5) is 18.2. The maximum Gasteiger partial charge on any atom is 0.411 e. The van der Waals surface area contributed by atoms with Crippen LogP contribution in [0.1, 0.15) is 52.0 Å². The molecule has 0 aromatic carbocycles. The molecule has 4 nitrogen and oxygen atoms in total. The lowest BCUT2D eigenvalue weighted by atomic mass is 9.83. The van der Waals surface area contributed by atoms with Gasteiger partial charge >= 0.3 is 6.09 Å². The fraction of sp³-hybridized carbons (Fsp3) is 0.556. The molecule has 6 heteroatoms. The number of ether oxygens (including phenoxy) is 1. The third-order valence-electron chi connectivity index (χ3n) is 4.39. The Kier molecular flexibility index (Phi) is 4.69. The molecule has 0 radical (unpaired) electrons. The number of piperidine rings is 1. The van der Waals surface area contributed by atoms with Gasteiger partial charge in [0.1, 0.15) is 5.60 Å². The third kappa shape index (κ3) is 3.63. The molecule has 0 N–H and O–H groups in total. The number of carbonyl (C=O) groups excluding carboxylic acids is 1. The number of nitrogens with zero attached hydrogens (tertiary/aromatic N) is 2. The fourth-order valence-corrected chi connectivity index (χ4v) is 3.81. The molecule has 2 atom stereocenters. The number of amides is 1. The number of halogens is 2. The van der Waals surface area contributed by atoms with Gasteiger partial charge in [-0.05, 0) is 74.0 Å². The quantitative estimate of drug-likeness (QED) is 0.632. The van der Waals surface area contributed by atoms with Gasteiger partial charge in [-0.3, -0.25) is 4.90 Å². The van der Waals surface area contributed by atoms with Gasteiger partial charge < -0.3 is 4.74 Å². The number of fused-ring (bicyclic) bond motifs is 2. The van der Waals surface area contributed by atoms with Gasteiger partial charge in [0.05, 0.1) is 6.04 Å². The van der Waals surface area contributed by atoms with Crippen LogP contribution >= 0.6 is 15.9 Å². The molecule has 2 aliphatic heterocycles. The van der Waals surface area contributed by atoms with Crippen molar-refractivity contribution < 1.29 is 13.9 Å². The number of hydrogen-bond donors (Lipinski definition) is 0. The van der Waals surface area contributed by atoms with Crippen molar-refractivity contribution in [3.8, 4) is 0 Å². The van der Waals surface area contributed by atoms with Crippen LogP contribution in [-0.4, -0.2) is 33.7 Å². The third-order valence-corrected chi connectivity index (χ3v) is 4.83. The summed E-state index contributed by atoms with van der Waals surface area (Å²) < 4.78 is 20.4. The van der Waals surface area contributed by atoms with Gasteiger partial charge in [0.15, 0.2) is 0 Å². The van der Waals surface area contributed by atoms with Crippen LogP contribution in [0.5, 0.6) is 0 Å². The van der Waals surface area contributed by atoms with E-state index < -0.39 is 11.5 Å². The zero-order chi connectivity index (χ0) is 17.5. The lowest BCUT2D eigenvalue weighted by Crippen LogP contribution is -2.53. The Balaban J connectivity index is 1.90. The average molecular weight is 397 g/mol. The molecule has 0 spiro atoms. The van der Waals surface area contributed by atoms with Crippen LogP contribution in [0, 0.1) is 5.95 Å². The van der Waals surface area contributed by atoms with Gasteiger partial charge in [-0.1, -0.05) is 6.08 Å². The van der Waals surface area contributed by atoms with Gasteiger partial charge in [0.2, 0.25) is 5.95 Å². The van der Waals surface area contributed by atoms with Gasteiger partial charge in [0, 0.05) is 22.3 Å². The average Bonchev–Trinajstić information content (AvgIpc) is 2.46. The molecule has 1 saturated heterocycles. The number of carbonyl (C=O) groups is 1. The molecular formula is C18H22BrFN2O2. The smallest absolute Gasteiger partial charge is 0.411 e. The van der Waals surface area contributed by atoms with Crippen molar-refractivity contribution in [2.75, 3.05) is 0 Å². The van der Waals surface area contributed by atoms with Crippen LogP contribution in [-0.2, 0) is 4.74 Å². The Hall–Kier alpha value is -1.43. The summed E-state index contributed by atoms with van der Waals surface area (Å²) in [6.07, 6.45) is 6.67. The van der Waals surface area contributed by atoms with E-state index in [2.05, 4.69) is 20.9 Å². The minimum absolute atomic E-state index is 0.0410. The standard InChI is InChI=1S/C18H22BrFN2O2/c1-18(2,3)24-17(23)22-13-5-4-6-14(22)8-11(7-13)15-9-12(19)10-21-16(15)20/h7,9-10,13-14H,4-6,8H2,1-3H3. The first-order valence-electron chi connectivity index (χ1n) is 8.28. The largest absolute Gasteiger partial charge is 0.444 e. The minimum atomic E-state index is -0.518. The molecule has 24 heavy (non-hydrogen) atoms. The molecule has 1 amide bonds. The van der Waals surface area contributed by atoms with Crippen LogP contribution in [0.15, 0.2) is 22.8 Å². The second kappa shape index (κ2) is 6.47. The van der Waals surface area contributed by atoms with Gasteiger partial charge in [-0.15, -0.1) is 0 Å². The van der Waals surface area contributed by atoms with Crippen LogP contribution in [0.4, 0.5) is 9.18 Å². The van der Waals surface area contributed by atoms with Crippen LogP contribution in [0.25, 0.3) is 5.57 Å². The van der Waals surface area contributed by atoms with Crippen LogP contribution in [0.2, 0.25) is 0 Å². The molecule has 130 valence electrons. The molecule has 3 rings (SSSR count). The number of aromatic nitrogens is 1. The summed E-state index contributed by atoms with van der Waals surface area (Å²) in [5.74, 6) is -0.465. The summed E-state index contributed by atoms with van der Waals surface area (Å²) in [6, 6.07) is 1.77. The Morgan fingerprint density at radius 2 is 2.17 bits per heavy atom. The van der Waals surface area contributed by atoms with E-state index in [9.17, 15) is 9.18 Å². The molecule has 0 aliphatic carbocycles. The molecule has 2 unspecified atom stereocenters. The molecule has 1 aromatic heterocycles. The Bertz CT molecular complexity index is 684. The van der Waals surface area contributed by atoms with E-state index in [4.69, 9.17) is 4.74 Å². The van der Waals surface area contributed by atoms with E-state index in [1.165, 1.54) is 6.20 Å². The maximum absolute atomic E-state index is 14.1. The number of rotatable bonds is 1. The predicted octanol–water partition coefficient (Wildman–Crippen LogP) is 4.93. The van der Waals surface area contributed by atoms with E-state index >= 15 is 0 Å². The first-order chi connectivity index (χ1) is 11.2. The summed E-state index contributed by atoms with van der Waals surface area (Å²) in [6.45, 7) is 5.61. The summed E-state index contributed by atoms with van der Waals surface area (Å²) in [7, 11) is 0. The van der Waals surface area contributed by atoms with Crippen LogP contribution < -0.4 is 0 Å². The van der Waals surface area contributed by atoms with Gasteiger partial charge in [0.25, 0.3) is 0 Å². The Morgan fingerprint density at radius 3 is 2.83 bits per heavy atom. The zero-order valence-electron chi connectivity index (χ0n) is 14.2. The van der Waals surface area contributed by atoms with Crippen molar-refractivity contribution >= 4 is 27.6 Å².